The molecule has 1 nitrogen and oxygen atoms in total. The maximum absolute atomic E-state index is 6.22. The van der Waals surface area contributed by atoms with Crippen LogP contribution in [0.2, 0.25) is 0 Å². The number of hydrogen-bond acceptors (Lipinski definition) is 1. The van der Waals surface area contributed by atoms with Crippen LogP contribution < -0.4 is 5.73 Å². The molecule has 0 spiro atoms. The van der Waals surface area contributed by atoms with Crippen molar-refractivity contribution in [2.75, 3.05) is 0 Å². The van der Waals surface area contributed by atoms with Crippen LogP contribution in [0.25, 0.3) is 0 Å². The van der Waals surface area contributed by atoms with Crippen LogP contribution in [0.4, 0.5) is 0 Å². The zero-order valence-corrected chi connectivity index (χ0v) is 9.67. The van der Waals surface area contributed by atoms with Crippen molar-refractivity contribution in [3.8, 4) is 0 Å². The average Bonchev–Trinajstić information content (AvgIpc) is 2.20. The lowest BCUT2D eigenvalue weighted by atomic mass is 9.89. The Morgan fingerprint density at radius 2 is 1.93 bits per heavy atom. The molecule has 1 unspecified atom stereocenters. The van der Waals surface area contributed by atoms with Gasteiger partial charge in [-0.1, -0.05) is 38.5 Å². The monoisotopic (exact) mass is 191 g/mol. The fraction of sp³-hybridized carbons (Fsp3) is 0.538. The smallest absolute Gasteiger partial charge is 0.0323 e. The van der Waals surface area contributed by atoms with Crippen molar-refractivity contribution in [2.45, 2.75) is 40.2 Å². The SMILES string of the molecule is CCC(C)[C@H](N)c1cccc(C)c1C. The van der Waals surface area contributed by atoms with Crippen LogP contribution >= 0.6 is 0 Å². The van der Waals surface area contributed by atoms with Crippen LogP contribution in [-0.2, 0) is 0 Å². The summed E-state index contributed by atoms with van der Waals surface area (Å²) in [5.41, 5.74) is 10.2. The number of aryl methyl sites for hydroxylation is 1. The van der Waals surface area contributed by atoms with Gasteiger partial charge >= 0.3 is 0 Å². The van der Waals surface area contributed by atoms with Crippen molar-refractivity contribution in [1.82, 2.24) is 0 Å². The Bertz CT molecular complexity index is 304. The van der Waals surface area contributed by atoms with Crippen molar-refractivity contribution in [3.05, 3.63) is 34.9 Å². The van der Waals surface area contributed by atoms with Gasteiger partial charge < -0.3 is 5.73 Å². The molecule has 1 heteroatoms. The molecule has 0 aliphatic rings. The van der Waals surface area contributed by atoms with Crippen LogP contribution in [0.5, 0.6) is 0 Å². The topological polar surface area (TPSA) is 26.0 Å². The van der Waals surface area contributed by atoms with Gasteiger partial charge in [0.25, 0.3) is 0 Å². The molecule has 78 valence electrons. The molecule has 0 fully saturated rings. The summed E-state index contributed by atoms with van der Waals surface area (Å²) in [4.78, 5) is 0. The highest BCUT2D eigenvalue weighted by Crippen LogP contribution is 2.25. The second-order valence-corrected chi connectivity index (χ2v) is 4.20. The summed E-state index contributed by atoms with van der Waals surface area (Å²) in [6, 6.07) is 6.57. The van der Waals surface area contributed by atoms with E-state index in [0.717, 1.165) is 6.42 Å². The predicted molar refractivity (Wildman–Crippen MR) is 62.3 cm³/mol. The van der Waals surface area contributed by atoms with Crippen LogP contribution in [-0.4, -0.2) is 0 Å². The highest BCUT2D eigenvalue weighted by atomic mass is 14.6. The molecule has 0 bridgehead atoms. The molecule has 1 rings (SSSR count). The van der Waals surface area contributed by atoms with Gasteiger partial charge in [0.1, 0.15) is 0 Å². The maximum Gasteiger partial charge on any atom is 0.0323 e. The molecule has 0 amide bonds. The standard InChI is InChI=1S/C13H21N/c1-5-9(2)13(14)12-8-6-7-10(3)11(12)4/h6-9,13H,5,14H2,1-4H3/t9?,13-/m0/s1. The molecule has 1 aromatic rings. The lowest BCUT2D eigenvalue weighted by Crippen LogP contribution is -2.19. The van der Waals surface area contributed by atoms with E-state index in [2.05, 4.69) is 45.9 Å². The number of benzene rings is 1. The molecule has 0 saturated carbocycles. The van der Waals surface area contributed by atoms with Crippen LogP contribution in [0.3, 0.4) is 0 Å². The Morgan fingerprint density at radius 1 is 1.29 bits per heavy atom. The van der Waals surface area contributed by atoms with E-state index < -0.39 is 0 Å². The van der Waals surface area contributed by atoms with E-state index in [0.29, 0.717) is 5.92 Å². The second-order valence-electron chi connectivity index (χ2n) is 4.20. The quantitative estimate of drug-likeness (QED) is 0.779. The molecule has 2 N–H and O–H groups in total. The van der Waals surface area contributed by atoms with E-state index in [1.807, 2.05) is 0 Å². The minimum Gasteiger partial charge on any atom is -0.324 e. The third-order valence-corrected chi connectivity index (χ3v) is 3.26. The van der Waals surface area contributed by atoms with E-state index >= 15 is 0 Å². The van der Waals surface area contributed by atoms with E-state index in [4.69, 9.17) is 5.73 Å². The van der Waals surface area contributed by atoms with Gasteiger partial charge in [0, 0.05) is 6.04 Å². The minimum atomic E-state index is 0.180. The Balaban J connectivity index is 3.01. The highest BCUT2D eigenvalue weighted by molar-refractivity contribution is 5.35. The first-order valence-corrected chi connectivity index (χ1v) is 5.39. The van der Waals surface area contributed by atoms with Gasteiger partial charge in [-0.3, -0.25) is 0 Å². The minimum absolute atomic E-state index is 0.180. The van der Waals surface area contributed by atoms with Gasteiger partial charge in [-0.25, -0.2) is 0 Å². The fourth-order valence-electron chi connectivity index (χ4n) is 1.70. The molecule has 0 saturated heterocycles. The summed E-state index contributed by atoms with van der Waals surface area (Å²) in [6.45, 7) is 8.71. The average molecular weight is 191 g/mol. The van der Waals surface area contributed by atoms with Crippen molar-refractivity contribution in [2.24, 2.45) is 11.7 Å². The largest absolute Gasteiger partial charge is 0.324 e. The third kappa shape index (κ3) is 2.16. The van der Waals surface area contributed by atoms with Gasteiger partial charge in [-0.15, -0.1) is 0 Å². The molecule has 0 radical (unpaired) electrons. The molecule has 2 atom stereocenters. The first kappa shape index (κ1) is 11.3. The third-order valence-electron chi connectivity index (χ3n) is 3.26. The Morgan fingerprint density at radius 3 is 2.50 bits per heavy atom. The summed E-state index contributed by atoms with van der Waals surface area (Å²) in [5, 5.41) is 0. The van der Waals surface area contributed by atoms with E-state index in [-0.39, 0.29) is 6.04 Å². The normalized spacial score (nSPS) is 15.2. The van der Waals surface area contributed by atoms with E-state index in [1.54, 1.807) is 0 Å². The summed E-state index contributed by atoms with van der Waals surface area (Å²) < 4.78 is 0. The molecule has 0 aromatic heterocycles. The zero-order valence-electron chi connectivity index (χ0n) is 9.67. The first-order valence-electron chi connectivity index (χ1n) is 5.39. The molecular formula is C13H21N. The van der Waals surface area contributed by atoms with Crippen molar-refractivity contribution in [1.29, 1.82) is 0 Å². The Hall–Kier alpha value is -0.820. The molecular weight excluding hydrogens is 170 g/mol. The number of rotatable bonds is 3. The fourth-order valence-corrected chi connectivity index (χ4v) is 1.70. The number of hydrogen-bond donors (Lipinski definition) is 1. The maximum atomic E-state index is 6.22. The Kier molecular flexibility index (Phi) is 3.70. The lowest BCUT2D eigenvalue weighted by Gasteiger charge is -2.21. The summed E-state index contributed by atoms with van der Waals surface area (Å²) in [6.07, 6.45) is 1.13. The molecule has 0 heterocycles. The van der Waals surface area contributed by atoms with E-state index in [1.165, 1.54) is 16.7 Å². The molecule has 14 heavy (non-hydrogen) atoms. The van der Waals surface area contributed by atoms with E-state index in [9.17, 15) is 0 Å². The van der Waals surface area contributed by atoms with Gasteiger partial charge in [-0.05, 0) is 36.5 Å². The lowest BCUT2D eigenvalue weighted by molar-refractivity contribution is 0.455. The van der Waals surface area contributed by atoms with Gasteiger partial charge in [0.05, 0.1) is 0 Å². The van der Waals surface area contributed by atoms with Crippen LogP contribution in [0, 0.1) is 19.8 Å². The van der Waals surface area contributed by atoms with Crippen molar-refractivity contribution in [3.63, 3.8) is 0 Å². The second kappa shape index (κ2) is 4.61. The summed E-state index contributed by atoms with van der Waals surface area (Å²) in [5.74, 6) is 0.551. The van der Waals surface area contributed by atoms with Crippen LogP contribution in [0.15, 0.2) is 18.2 Å². The number of nitrogens with two attached hydrogens (primary N) is 1. The van der Waals surface area contributed by atoms with Gasteiger partial charge in [0.2, 0.25) is 0 Å². The first-order chi connectivity index (χ1) is 6.57. The predicted octanol–water partition coefficient (Wildman–Crippen LogP) is 3.35. The summed E-state index contributed by atoms with van der Waals surface area (Å²) >= 11 is 0. The molecule has 0 aliphatic heterocycles. The van der Waals surface area contributed by atoms with Crippen molar-refractivity contribution < 1.29 is 0 Å². The summed E-state index contributed by atoms with van der Waals surface area (Å²) in [7, 11) is 0. The molecule has 1 aromatic carbocycles. The Labute approximate surface area is 87.3 Å². The van der Waals surface area contributed by atoms with Gasteiger partial charge in [0.15, 0.2) is 0 Å². The zero-order chi connectivity index (χ0) is 10.7. The van der Waals surface area contributed by atoms with Crippen LogP contribution in [0.1, 0.15) is 43.0 Å². The molecule has 0 aliphatic carbocycles. The van der Waals surface area contributed by atoms with Crippen molar-refractivity contribution >= 4 is 0 Å². The highest BCUT2D eigenvalue weighted by Gasteiger charge is 2.15. The van der Waals surface area contributed by atoms with Gasteiger partial charge in [-0.2, -0.15) is 0 Å².